The molecule has 28 heavy (non-hydrogen) atoms. The number of amides is 1. The summed E-state index contributed by atoms with van der Waals surface area (Å²) in [6.07, 6.45) is 0.765. The minimum Gasteiger partial charge on any atom is -0.316 e. The number of non-ortho nitro benzene ring substituents is 1. The van der Waals surface area contributed by atoms with Crippen LogP contribution in [0.5, 0.6) is 0 Å². The van der Waals surface area contributed by atoms with Crippen molar-refractivity contribution in [2.75, 3.05) is 0 Å². The van der Waals surface area contributed by atoms with E-state index in [1.165, 1.54) is 36.4 Å². The SMILES string of the molecule is CCCn1c(=NC(=O)c2cccc([N+](=O)[O-])c2)sc2cc(S(N)(=O)=O)ccc21. The van der Waals surface area contributed by atoms with Crippen molar-refractivity contribution in [3.8, 4) is 0 Å². The molecule has 1 heterocycles. The predicted molar refractivity (Wildman–Crippen MR) is 104 cm³/mol. The molecule has 0 saturated carbocycles. The molecule has 0 spiro atoms. The zero-order valence-corrected chi connectivity index (χ0v) is 16.4. The van der Waals surface area contributed by atoms with Gasteiger partial charge in [-0.2, -0.15) is 4.99 Å². The molecule has 0 saturated heterocycles. The number of carbonyl (C=O) groups is 1. The van der Waals surface area contributed by atoms with Crippen molar-refractivity contribution in [1.29, 1.82) is 0 Å². The van der Waals surface area contributed by atoms with Crippen LogP contribution in [-0.4, -0.2) is 23.8 Å². The topological polar surface area (TPSA) is 138 Å². The first-order valence-electron chi connectivity index (χ1n) is 8.20. The van der Waals surface area contributed by atoms with Crippen LogP contribution in [0.1, 0.15) is 23.7 Å². The van der Waals surface area contributed by atoms with Crippen molar-refractivity contribution < 1.29 is 18.1 Å². The van der Waals surface area contributed by atoms with Crippen LogP contribution < -0.4 is 9.94 Å². The fraction of sp³-hybridized carbons (Fsp3) is 0.176. The number of nitrogens with zero attached hydrogens (tertiary/aromatic N) is 3. The standard InChI is InChI=1S/C17H16N4O5S2/c1-2-8-20-14-7-6-13(28(18,25)26)10-15(14)27-17(20)19-16(22)11-4-3-5-12(9-11)21(23)24/h3-7,9-10H,2,8H2,1H3,(H2,18,25,26). The molecule has 3 aromatic rings. The first kappa shape index (κ1) is 19.9. The zero-order valence-electron chi connectivity index (χ0n) is 14.7. The zero-order chi connectivity index (χ0) is 20.5. The highest BCUT2D eigenvalue weighted by Gasteiger charge is 2.14. The number of aryl methyl sites for hydroxylation is 1. The summed E-state index contributed by atoms with van der Waals surface area (Å²) in [7, 11) is -3.85. The highest BCUT2D eigenvalue weighted by Crippen LogP contribution is 2.22. The van der Waals surface area contributed by atoms with Gasteiger partial charge in [-0.3, -0.25) is 14.9 Å². The number of thiazole rings is 1. The van der Waals surface area contributed by atoms with Crippen LogP contribution in [0.4, 0.5) is 5.69 Å². The second-order valence-electron chi connectivity index (χ2n) is 5.94. The quantitative estimate of drug-likeness (QED) is 0.499. The van der Waals surface area contributed by atoms with Crippen molar-refractivity contribution in [1.82, 2.24) is 4.57 Å². The summed E-state index contributed by atoms with van der Waals surface area (Å²) < 4.78 is 25.6. The molecule has 0 atom stereocenters. The van der Waals surface area contributed by atoms with E-state index in [1.807, 2.05) is 11.5 Å². The smallest absolute Gasteiger partial charge is 0.279 e. The Bertz CT molecular complexity index is 1260. The Morgan fingerprint density at radius 2 is 2.04 bits per heavy atom. The molecule has 0 radical (unpaired) electrons. The molecule has 0 fully saturated rings. The van der Waals surface area contributed by atoms with E-state index in [0.717, 1.165) is 23.3 Å². The van der Waals surface area contributed by atoms with E-state index < -0.39 is 20.9 Å². The molecule has 2 N–H and O–H groups in total. The number of sulfonamides is 1. The number of fused-ring (bicyclic) bond motifs is 1. The van der Waals surface area contributed by atoms with Gasteiger partial charge in [-0.1, -0.05) is 24.3 Å². The number of benzene rings is 2. The van der Waals surface area contributed by atoms with E-state index in [4.69, 9.17) is 5.14 Å². The molecule has 9 nitrogen and oxygen atoms in total. The van der Waals surface area contributed by atoms with Crippen LogP contribution >= 0.6 is 11.3 Å². The van der Waals surface area contributed by atoms with Gasteiger partial charge in [0.25, 0.3) is 11.6 Å². The minimum absolute atomic E-state index is 0.0264. The Kier molecular flexibility index (Phi) is 5.40. The van der Waals surface area contributed by atoms with Gasteiger partial charge in [0.1, 0.15) is 0 Å². The third kappa shape index (κ3) is 4.01. The third-order valence-corrected chi connectivity index (χ3v) is 5.88. The van der Waals surface area contributed by atoms with E-state index in [0.29, 0.717) is 16.0 Å². The van der Waals surface area contributed by atoms with Crippen molar-refractivity contribution in [3.05, 3.63) is 62.9 Å². The van der Waals surface area contributed by atoms with Crippen LogP contribution in [0.15, 0.2) is 52.4 Å². The molecular weight excluding hydrogens is 404 g/mol. The summed E-state index contributed by atoms with van der Waals surface area (Å²) >= 11 is 1.15. The van der Waals surface area contributed by atoms with Gasteiger partial charge in [0.15, 0.2) is 4.80 Å². The van der Waals surface area contributed by atoms with Crippen LogP contribution in [-0.2, 0) is 16.6 Å². The van der Waals surface area contributed by atoms with Gasteiger partial charge in [-0.05, 0) is 30.7 Å². The number of nitrogens with two attached hydrogens (primary N) is 1. The van der Waals surface area contributed by atoms with E-state index in [1.54, 1.807) is 6.07 Å². The summed E-state index contributed by atoms with van der Waals surface area (Å²) in [5, 5.41) is 16.1. The van der Waals surface area contributed by atoms with Crippen molar-refractivity contribution in [3.63, 3.8) is 0 Å². The van der Waals surface area contributed by atoms with E-state index in [2.05, 4.69) is 4.99 Å². The van der Waals surface area contributed by atoms with Crippen LogP contribution in [0.3, 0.4) is 0 Å². The highest BCUT2D eigenvalue weighted by molar-refractivity contribution is 7.89. The number of primary sulfonamides is 1. The normalized spacial score (nSPS) is 12.4. The van der Waals surface area contributed by atoms with Crippen LogP contribution in [0.2, 0.25) is 0 Å². The lowest BCUT2D eigenvalue weighted by molar-refractivity contribution is -0.384. The van der Waals surface area contributed by atoms with Crippen LogP contribution in [0.25, 0.3) is 10.2 Å². The fourth-order valence-corrected chi connectivity index (χ4v) is 4.37. The van der Waals surface area contributed by atoms with Gasteiger partial charge in [0, 0.05) is 24.2 Å². The van der Waals surface area contributed by atoms with Gasteiger partial charge < -0.3 is 4.57 Å². The van der Waals surface area contributed by atoms with Crippen LogP contribution in [0, 0.1) is 10.1 Å². The maximum Gasteiger partial charge on any atom is 0.279 e. The Hall–Kier alpha value is -2.89. The summed E-state index contributed by atoms with van der Waals surface area (Å²) in [4.78, 5) is 27.3. The maximum absolute atomic E-state index is 12.5. The van der Waals surface area contributed by atoms with E-state index in [-0.39, 0.29) is 16.1 Å². The summed E-state index contributed by atoms with van der Waals surface area (Å²) in [6.45, 7) is 2.52. The minimum atomic E-state index is -3.85. The molecule has 1 amide bonds. The first-order chi connectivity index (χ1) is 13.2. The lowest BCUT2D eigenvalue weighted by Gasteiger charge is -2.03. The molecule has 0 bridgehead atoms. The molecule has 146 valence electrons. The summed E-state index contributed by atoms with van der Waals surface area (Å²) in [5.74, 6) is -0.619. The number of nitro groups is 1. The number of hydrogen-bond donors (Lipinski definition) is 1. The molecule has 11 heteroatoms. The molecule has 0 aliphatic carbocycles. The molecule has 0 aliphatic heterocycles. The Balaban J connectivity index is 2.15. The van der Waals surface area contributed by atoms with Crippen molar-refractivity contribution >= 4 is 43.2 Å². The maximum atomic E-state index is 12.5. The fourth-order valence-electron chi connectivity index (χ4n) is 2.66. The second-order valence-corrected chi connectivity index (χ2v) is 8.51. The van der Waals surface area contributed by atoms with Gasteiger partial charge in [-0.15, -0.1) is 0 Å². The number of aromatic nitrogens is 1. The summed E-state index contributed by atoms with van der Waals surface area (Å²) in [5.41, 5.74) is 0.626. The predicted octanol–water partition coefficient (Wildman–Crippen LogP) is 2.41. The molecule has 2 aromatic carbocycles. The highest BCUT2D eigenvalue weighted by atomic mass is 32.2. The monoisotopic (exact) mass is 420 g/mol. The van der Waals surface area contributed by atoms with E-state index >= 15 is 0 Å². The number of carbonyl (C=O) groups excluding carboxylic acids is 1. The number of hydrogen-bond acceptors (Lipinski definition) is 6. The number of rotatable bonds is 5. The molecule has 0 aliphatic rings. The Morgan fingerprint density at radius 3 is 2.68 bits per heavy atom. The van der Waals surface area contributed by atoms with Gasteiger partial charge >= 0.3 is 0 Å². The Morgan fingerprint density at radius 1 is 1.29 bits per heavy atom. The lowest BCUT2D eigenvalue weighted by atomic mass is 10.2. The van der Waals surface area contributed by atoms with Gasteiger partial charge in [0.2, 0.25) is 10.0 Å². The molecule has 3 rings (SSSR count). The first-order valence-corrected chi connectivity index (χ1v) is 10.6. The number of nitro benzene ring substituents is 1. The van der Waals surface area contributed by atoms with Gasteiger partial charge in [0.05, 0.1) is 20.0 Å². The molecular formula is C17H16N4O5S2. The van der Waals surface area contributed by atoms with Crippen molar-refractivity contribution in [2.45, 2.75) is 24.8 Å². The van der Waals surface area contributed by atoms with Gasteiger partial charge in [-0.25, -0.2) is 13.6 Å². The lowest BCUT2D eigenvalue weighted by Crippen LogP contribution is -2.17. The Labute approximate surface area is 164 Å². The second kappa shape index (κ2) is 7.62. The van der Waals surface area contributed by atoms with Crippen molar-refractivity contribution in [2.24, 2.45) is 10.1 Å². The molecule has 1 aromatic heterocycles. The largest absolute Gasteiger partial charge is 0.316 e. The summed E-state index contributed by atoms with van der Waals surface area (Å²) in [6, 6.07) is 9.81. The molecule has 0 unspecified atom stereocenters. The average Bonchev–Trinajstić information content (AvgIpc) is 2.98. The third-order valence-electron chi connectivity index (χ3n) is 3.93. The average molecular weight is 420 g/mol. The van der Waals surface area contributed by atoms with E-state index in [9.17, 15) is 23.3 Å².